The summed E-state index contributed by atoms with van der Waals surface area (Å²) in [7, 11) is 0. The Balaban J connectivity index is 2.08. The highest BCUT2D eigenvalue weighted by molar-refractivity contribution is 14.1. The molecule has 0 saturated carbocycles. The Morgan fingerprint density at radius 1 is 1.14 bits per heavy atom. The lowest BCUT2D eigenvalue weighted by Gasteiger charge is -2.23. The number of anilines is 1. The predicted octanol–water partition coefficient (Wildman–Crippen LogP) is 1.80. The van der Waals surface area contributed by atoms with Crippen LogP contribution in [0.3, 0.4) is 0 Å². The van der Waals surface area contributed by atoms with E-state index in [4.69, 9.17) is 5.26 Å². The second kappa shape index (κ2) is 9.38. The van der Waals surface area contributed by atoms with E-state index >= 15 is 0 Å². The fourth-order valence-electron chi connectivity index (χ4n) is 2.38. The number of aromatic hydroxyl groups is 1. The first-order chi connectivity index (χ1) is 13.2. The normalized spacial score (nSPS) is 12.4. The Labute approximate surface area is 175 Å². The Kier molecular flexibility index (Phi) is 7.19. The lowest BCUT2D eigenvalue weighted by molar-refractivity contribution is -0.124. The molecule has 0 bridgehead atoms. The number of phenols is 1. The number of nitriles is 1. The Bertz CT molecular complexity index is 923. The number of benzene rings is 2. The van der Waals surface area contributed by atoms with Gasteiger partial charge in [0, 0.05) is 14.8 Å². The van der Waals surface area contributed by atoms with E-state index in [1.54, 1.807) is 19.1 Å². The minimum absolute atomic E-state index is 0.0198. The van der Waals surface area contributed by atoms with Gasteiger partial charge in [-0.15, -0.1) is 0 Å². The first-order valence-electron chi connectivity index (χ1n) is 8.27. The number of amides is 2. The number of hydrogen-bond donors (Lipinski definition) is 5. The fraction of sp³-hybridized carbons (Fsp3) is 0.211. The highest BCUT2D eigenvalue weighted by Crippen LogP contribution is 2.25. The summed E-state index contributed by atoms with van der Waals surface area (Å²) < 4.78 is 0.746. The summed E-state index contributed by atoms with van der Waals surface area (Å²) in [6, 6.07) is 9.85. The average molecular weight is 494 g/mol. The van der Waals surface area contributed by atoms with Crippen LogP contribution in [0.5, 0.6) is 5.75 Å². The summed E-state index contributed by atoms with van der Waals surface area (Å²) in [5.74, 6) is -1.19. The van der Waals surface area contributed by atoms with Gasteiger partial charge >= 0.3 is 0 Å². The van der Waals surface area contributed by atoms with Gasteiger partial charge in [0.25, 0.3) is 11.8 Å². The van der Waals surface area contributed by atoms with Crippen LogP contribution < -0.4 is 16.2 Å². The van der Waals surface area contributed by atoms with Crippen molar-refractivity contribution in [2.24, 2.45) is 0 Å². The number of hydrogen-bond acceptors (Lipinski definition) is 6. The molecule has 0 aliphatic rings. The molecule has 5 N–H and O–H groups in total. The van der Waals surface area contributed by atoms with Crippen LogP contribution in [0, 0.1) is 21.8 Å². The maximum atomic E-state index is 12.5. The molecule has 0 fully saturated rings. The van der Waals surface area contributed by atoms with Gasteiger partial charge < -0.3 is 15.5 Å². The van der Waals surface area contributed by atoms with Gasteiger partial charge in [0.1, 0.15) is 17.9 Å². The van der Waals surface area contributed by atoms with Gasteiger partial charge in [-0.05, 0) is 78.4 Å². The third-order valence-electron chi connectivity index (χ3n) is 4.01. The zero-order valence-electron chi connectivity index (χ0n) is 15.2. The van der Waals surface area contributed by atoms with Crippen molar-refractivity contribution in [3.05, 3.63) is 56.7 Å². The van der Waals surface area contributed by atoms with E-state index < -0.39 is 24.0 Å². The monoisotopic (exact) mass is 494 g/mol. The molecule has 28 heavy (non-hydrogen) atoms. The van der Waals surface area contributed by atoms with E-state index in [1.807, 2.05) is 22.6 Å². The molecule has 8 nitrogen and oxygen atoms in total. The van der Waals surface area contributed by atoms with Crippen molar-refractivity contribution in [1.82, 2.24) is 10.9 Å². The van der Waals surface area contributed by atoms with Crippen LogP contribution in [-0.4, -0.2) is 34.2 Å². The average Bonchev–Trinajstić information content (AvgIpc) is 2.67. The van der Waals surface area contributed by atoms with E-state index in [2.05, 4.69) is 22.2 Å². The Morgan fingerprint density at radius 2 is 1.79 bits per heavy atom. The number of rotatable bonds is 5. The molecule has 2 atom stereocenters. The maximum absolute atomic E-state index is 12.5. The number of aliphatic hydroxyl groups excluding tert-OH is 1. The van der Waals surface area contributed by atoms with Crippen molar-refractivity contribution in [2.75, 3.05) is 5.32 Å². The van der Waals surface area contributed by atoms with Crippen molar-refractivity contribution in [3.63, 3.8) is 0 Å². The first kappa shape index (κ1) is 21.5. The Hall–Kier alpha value is -2.84. The molecule has 2 aromatic carbocycles. The quantitative estimate of drug-likeness (QED) is 0.318. The van der Waals surface area contributed by atoms with Crippen LogP contribution in [0.4, 0.5) is 5.69 Å². The zero-order valence-corrected chi connectivity index (χ0v) is 17.3. The minimum Gasteiger partial charge on any atom is -0.508 e. The number of nitrogens with zero attached hydrogens (tertiary/aromatic N) is 1. The number of halogens is 1. The topological polar surface area (TPSA) is 134 Å². The summed E-state index contributed by atoms with van der Waals surface area (Å²) in [6.07, 6.45) is -1.06. The highest BCUT2D eigenvalue weighted by atomic mass is 127. The van der Waals surface area contributed by atoms with Crippen LogP contribution in [0.15, 0.2) is 36.4 Å². The van der Waals surface area contributed by atoms with Crippen molar-refractivity contribution < 1.29 is 19.8 Å². The smallest absolute Gasteiger partial charge is 0.269 e. The van der Waals surface area contributed by atoms with Crippen molar-refractivity contribution >= 4 is 40.1 Å². The molecule has 0 aliphatic carbocycles. The lowest BCUT2D eigenvalue weighted by atomic mass is 10.1. The summed E-state index contributed by atoms with van der Waals surface area (Å²) in [5.41, 5.74) is 6.67. The van der Waals surface area contributed by atoms with E-state index in [-0.39, 0.29) is 11.3 Å². The van der Waals surface area contributed by atoms with Crippen LogP contribution in [0.25, 0.3) is 0 Å². The lowest BCUT2D eigenvalue weighted by Crippen LogP contribution is -2.52. The van der Waals surface area contributed by atoms with Crippen LogP contribution in [0.2, 0.25) is 0 Å². The van der Waals surface area contributed by atoms with E-state index in [1.165, 1.54) is 31.2 Å². The van der Waals surface area contributed by atoms with Gasteiger partial charge in [-0.3, -0.25) is 20.4 Å². The Morgan fingerprint density at radius 3 is 2.36 bits per heavy atom. The number of hydrazine groups is 1. The summed E-state index contributed by atoms with van der Waals surface area (Å²) in [6.45, 7) is 3.25. The molecule has 0 unspecified atom stereocenters. The van der Waals surface area contributed by atoms with Crippen molar-refractivity contribution in [2.45, 2.75) is 26.0 Å². The van der Waals surface area contributed by atoms with Gasteiger partial charge in [0.05, 0.1) is 11.7 Å². The number of nitrogens with one attached hydrogen (secondary N) is 3. The molecular weight excluding hydrogens is 475 g/mol. The van der Waals surface area contributed by atoms with E-state index in [0.29, 0.717) is 11.3 Å². The van der Waals surface area contributed by atoms with Crippen LogP contribution in [0.1, 0.15) is 28.4 Å². The molecule has 2 aromatic rings. The van der Waals surface area contributed by atoms with E-state index in [9.17, 15) is 19.8 Å². The van der Waals surface area contributed by atoms with Gasteiger partial charge in [-0.25, -0.2) is 0 Å². The van der Waals surface area contributed by atoms with Gasteiger partial charge in [-0.2, -0.15) is 5.26 Å². The predicted molar refractivity (Wildman–Crippen MR) is 111 cm³/mol. The number of phenolic OH excluding ortho intramolecular Hbond substituents is 1. The molecule has 9 heteroatoms. The second-order valence-corrected chi connectivity index (χ2v) is 7.14. The third kappa shape index (κ3) is 5.11. The highest BCUT2D eigenvalue weighted by Gasteiger charge is 2.25. The molecule has 0 saturated heterocycles. The fourth-order valence-corrected chi connectivity index (χ4v) is 2.97. The molecule has 146 valence electrons. The molecule has 2 amide bonds. The maximum Gasteiger partial charge on any atom is 0.269 e. The largest absolute Gasteiger partial charge is 0.508 e. The molecule has 0 aliphatic heterocycles. The molecule has 0 radical (unpaired) electrons. The second-order valence-electron chi connectivity index (χ2n) is 6.06. The van der Waals surface area contributed by atoms with Gasteiger partial charge in [0.15, 0.2) is 0 Å². The van der Waals surface area contributed by atoms with Crippen LogP contribution >= 0.6 is 22.6 Å². The molecule has 2 rings (SSSR count). The SMILES string of the molecule is Cc1c(N[C@@H](C(=O)NNC(=O)c2ccc(O)cc2)[C@H](C)O)ccc(C#N)c1I. The van der Waals surface area contributed by atoms with Gasteiger partial charge in [0.2, 0.25) is 0 Å². The summed E-state index contributed by atoms with van der Waals surface area (Å²) in [4.78, 5) is 24.5. The third-order valence-corrected chi connectivity index (χ3v) is 5.40. The summed E-state index contributed by atoms with van der Waals surface area (Å²) >= 11 is 2.05. The number of carbonyl (C=O) groups excluding carboxylic acids is 2. The molecular formula is C19H19IN4O4. The van der Waals surface area contributed by atoms with Crippen LogP contribution in [-0.2, 0) is 4.79 Å². The number of aliphatic hydroxyl groups is 1. The van der Waals surface area contributed by atoms with Crippen molar-refractivity contribution in [1.29, 1.82) is 5.26 Å². The summed E-state index contributed by atoms with van der Waals surface area (Å²) in [5, 5.41) is 31.3. The molecule has 0 spiro atoms. The van der Waals surface area contributed by atoms with Crippen molar-refractivity contribution in [3.8, 4) is 11.8 Å². The van der Waals surface area contributed by atoms with Gasteiger partial charge in [-0.1, -0.05) is 0 Å². The first-order valence-corrected chi connectivity index (χ1v) is 9.35. The van der Waals surface area contributed by atoms with E-state index in [0.717, 1.165) is 9.13 Å². The zero-order chi connectivity index (χ0) is 20.8. The number of carbonyl (C=O) groups is 2. The standard InChI is InChI=1S/C19H19IN4O4/c1-10-15(8-5-13(9-21)16(10)20)22-17(11(2)25)19(28)24-23-18(27)12-3-6-14(26)7-4-12/h3-8,11,17,22,25-26H,1-2H3,(H,23,27)(H,24,28)/t11-,17+/m0/s1. The minimum atomic E-state index is -1.06. The molecule has 0 heterocycles. The molecule has 0 aromatic heterocycles.